The number of nitrogens with one attached hydrogen (secondary N) is 1. The summed E-state index contributed by atoms with van der Waals surface area (Å²) >= 11 is 5.93. The normalized spacial score (nSPS) is 11.6. The number of amides is 1. The van der Waals surface area contributed by atoms with E-state index in [9.17, 15) is 18.0 Å². The van der Waals surface area contributed by atoms with Crippen LogP contribution in [0.15, 0.2) is 48.8 Å². The van der Waals surface area contributed by atoms with E-state index in [2.05, 4.69) is 10.3 Å². The second-order valence-corrected chi connectivity index (χ2v) is 6.14. The molecule has 0 spiro atoms. The lowest BCUT2D eigenvalue weighted by Gasteiger charge is -2.08. The molecule has 1 aromatic carbocycles. The predicted octanol–water partition coefficient (Wildman–Crippen LogP) is 3.74. The van der Waals surface area contributed by atoms with Gasteiger partial charge in [0.05, 0.1) is 16.3 Å². The van der Waals surface area contributed by atoms with Crippen LogP contribution < -0.4 is 10.1 Å². The lowest BCUT2D eigenvalue weighted by Crippen LogP contribution is -2.30. The van der Waals surface area contributed by atoms with E-state index in [4.69, 9.17) is 16.3 Å². The molecule has 0 aliphatic heterocycles. The van der Waals surface area contributed by atoms with Gasteiger partial charge in [0.2, 0.25) is 0 Å². The second kappa shape index (κ2) is 7.87. The van der Waals surface area contributed by atoms with Crippen LogP contribution in [-0.4, -0.2) is 28.4 Å². The van der Waals surface area contributed by atoms with Gasteiger partial charge in [0.1, 0.15) is 11.4 Å². The van der Waals surface area contributed by atoms with Crippen LogP contribution >= 0.6 is 11.6 Å². The molecule has 2 aromatic heterocycles. The summed E-state index contributed by atoms with van der Waals surface area (Å²) in [5.41, 5.74) is 0.233. The van der Waals surface area contributed by atoms with Crippen LogP contribution in [0.5, 0.6) is 5.75 Å². The summed E-state index contributed by atoms with van der Waals surface area (Å²) in [4.78, 5) is 16.0. The number of para-hydroxylation sites is 1. The third kappa shape index (κ3) is 4.91. The highest BCUT2D eigenvalue weighted by atomic mass is 35.5. The maximum Gasteiger partial charge on any atom is 0.417 e. The Morgan fingerprint density at radius 3 is 2.70 bits per heavy atom. The lowest BCUT2D eigenvalue weighted by molar-refractivity contribution is -0.137. The molecule has 0 unspecified atom stereocenters. The maximum atomic E-state index is 12.7. The Labute approximate surface area is 157 Å². The van der Waals surface area contributed by atoms with Crippen molar-refractivity contribution in [3.63, 3.8) is 0 Å². The molecule has 0 saturated heterocycles. The van der Waals surface area contributed by atoms with Crippen LogP contribution in [0.3, 0.4) is 0 Å². The highest BCUT2D eigenvalue weighted by Crippen LogP contribution is 2.29. The summed E-state index contributed by atoms with van der Waals surface area (Å²) in [7, 11) is 0. The van der Waals surface area contributed by atoms with Crippen molar-refractivity contribution in [3.05, 3.63) is 65.1 Å². The number of benzene rings is 1. The van der Waals surface area contributed by atoms with Crippen molar-refractivity contribution in [2.75, 3.05) is 13.2 Å². The molecule has 0 fully saturated rings. The minimum atomic E-state index is -4.41. The molecule has 0 bridgehead atoms. The van der Waals surface area contributed by atoms with Crippen LogP contribution in [0.2, 0.25) is 5.02 Å². The van der Waals surface area contributed by atoms with Gasteiger partial charge in [-0.25, -0.2) is 4.98 Å². The number of rotatable bonds is 6. The van der Waals surface area contributed by atoms with E-state index in [1.807, 2.05) is 0 Å². The summed E-state index contributed by atoms with van der Waals surface area (Å²) in [5, 5.41) is 3.07. The molecule has 0 aliphatic carbocycles. The average Bonchev–Trinajstić information content (AvgIpc) is 3.02. The molecule has 5 nitrogen and oxygen atoms in total. The summed E-state index contributed by atoms with van der Waals surface area (Å²) in [6, 6.07) is 9.10. The highest BCUT2D eigenvalue weighted by molar-refractivity contribution is 6.32. The van der Waals surface area contributed by atoms with E-state index in [-0.39, 0.29) is 19.1 Å². The van der Waals surface area contributed by atoms with Gasteiger partial charge in [-0.1, -0.05) is 23.7 Å². The first-order valence-corrected chi connectivity index (χ1v) is 8.39. The number of pyridine rings is 1. The number of hydrogen-bond acceptors (Lipinski definition) is 3. The molecular formula is C18H15ClF3N3O2. The number of hydrogen-bond donors (Lipinski definition) is 1. The zero-order valence-electron chi connectivity index (χ0n) is 14.0. The Hall–Kier alpha value is -2.74. The standard InChI is InChI=1S/C18H15ClF3N3O2/c19-14-3-1-2-4-15(14)27-11-17(26)23-8-7-13-10-25-9-12(18(20,21)22)5-6-16(25)24-13/h1-6,9-10H,7-8,11H2,(H,23,26). The fourth-order valence-corrected chi connectivity index (χ4v) is 2.61. The summed E-state index contributed by atoms with van der Waals surface area (Å²) in [6.45, 7) is 0.0879. The van der Waals surface area contributed by atoms with Crippen molar-refractivity contribution < 1.29 is 22.7 Å². The van der Waals surface area contributed by atoms with E-state index in [0.29, 0.717) is 28.5 Å². The second-order valence-electron chi connectivity index (χ2n) is 5.73. The van der Waals surface area contributed by atoms with Crippen LogP contribution in [0.25, 0.3) is 5.65 Å². The first-order valence-electron chi connectivity index (χ1n) is 8.02. The van der Waals surface area contributed by atoms with Crippen molar-refractivity contribution in [2.45, 2.75) is 12.6 Å². The van der Waals surface area contributed by atoms with Gasteiger partial charge in [-0.05, 0) is 24.3 Å². The number of alkyl halides is 3. The molecule has 142 valence electrons. The Balaban J connectivity index is 1.51. The molecule has 3 aromatic rings. The Bertz CT molecular complexity index is 956. The van der Waals surface area contributed by atoms with Gasteiger partial charge in [0, 0.05) is 25.4 Å². The molecule has 3 rings (SSSR count). The van der Waals surface area contributed by atoms with E-state index >= 15 is 0 Å². The number of carbonyl (C=O) groups is 1. The lowest BCUT2D eigenvalue weighted by atomic mass is 10.3. The Kier molecular flexibility index (Phi) is 5.55. The molecule has 9 heteroatoms. The fourth-order valence-electron chi connectivity index (χ4n) is 2.42. The number of nitrogens with zero attached hydrogens (tertiary/aromatic N) is 2. The average molecular weight is 398 g/mol. The van der Waals surface area contributed by atoms with Gasteiger partial charge < -0.3 is 14.5 Å². The topological polar surface area (TPSA) is 55.6 Å². The van der Waals surface area contributed by atoms with Crippen molar-refractivity contribution in [1.29, 1.82) is 0 Å². The fraction of sp³-hybridized carbons (Fsp3) is 0.222. The number of halogens is 4. The van der Waals surface area contributed by atoms with Gasteiger partial charge in [0.15, 0.2) is 6.61 Å². The minimum absolute atomic E-state index is 0.191. The highest BCUT2D eigenvalue weighted by Gasteiger charge is 2.30. The monoisotopic (exact) mass is 397 g/mol. The van der Waals surface area contributed by atoms with Crippen LogP contribution in [0.4, 0.5) is 13.2 Å². The summed E-state index contributed by atoms with van der Waals surface area (Å²) in [5.74, 6) is 0.0770. The zero-order valence-corrected chi connectivity index (χ0v) is 14.7. The van der Waals surface area contributed by atoms with Gasteiger partial charge in [-0.3, -0.25) is 4.79 Å². The molecular weight excluding hydrogens is 383 g/mol. The van der Waals surface area contributed by atoms with Crippen molar-refractivity contribution in [2.24, 2.45) is 0 Å². The molecule has 0 aliphatic rings. The molecule has 27 heavy (non-hydrogen) atoms. The first-order chi connectivity index (χ1) is 12.8. The zero-order chi connectivity index (χ0) is 19.4. The smallest absolute Gasteiger partial charge is 0.417 e. The number of fused-ring (bicyclic) bond motifs is 1. The van der Waals surface area contributed by atoms with Crippen LogP contribution in [0.1, 0.15) is 11.3 Å². The molecule has 0 atom stereocenters. The molecule has 1 N–H and O–H groups in total. The van der Waals surface area contributed by atoms with Crippen molar-refractivity contribution in [1.82, 2.24) is 14.7 Å². The third-order valence-electron chi connectivity index (χ3n) is 3.73. The molecule has 0 saturated carbocycles. The number of aromatic nitrogens is 2. The quantitative estimate of drug-likeness (QED) is 0.689. The van der Waals surface area contributed by atoms with Crippen LogP contribution in [-0.2, 0) is 17.4 Å². The van der Waals surface area contributed by atoms with Gasteiger partial charge in [0.25, 0.3) is 5.91 Å². The molecule has 0 radical (unpaired) electrons. The first kappa shape index (κ1) is 19.0. The third-order valence-corrected chi connectivity index (χ3v) is 4.04. The van der Waals surface area contributed by atoms with Gasteiger partial charge in [-0.15, -0.1) is 0 Å². The van der Waals surface area contributed by atoms with E-state index < -0.39 is 11.7 Å². The number of ether oxygens (including phenoxy) is 1. The Morgan fingerprint density at radius 1 is 1.19 bits per heavy atom. The number of imidazole rings is 1. The number of carbonyl (C=O) groups excluding carboxylic acids is 1. The van der Waals surface area contributed by atoms with Crippen molar-refractivity contribution >= 4 is 23.2 Å². The summed E-state index contributed by atoms with van der Waals surface area (Å²) < 4.78 is 44.8. The van der Waals surface area contributed by atoms with Gasteiger partial charge >= 0.3 is 6.18 Å². The summed E-state index contributed by atoms with van der Waals surface area (Å²) in [6.07, 6.45) is -1.53. The van der Waals surface area contributed by atoms with E-state index in [1.165, 1.54) is 16.7 Å². The Morgan fingerprint density at radius 2 is 1.96 bits per heavy atom. The predicted molar refractivity (Wildman–Crippen MR) is 93.9 cm³/mol. The minimum Gasteiger partial charge on any atom is -0.482 e. The largest absolute Gasteiger partial charge is 0.482 e. The van der Waals surface area contributed by atoms with E-state index in [0.717, 1.165) is 12.3 Å². The van der Waals surface area contributed by atoms with E-state index in [1.54, 1.807) is 24.3 Å². The maximum absolute atomic E-state index is 12.7. The van der Waals surface area contributed by atoms with Gasteiger partial charge in [-0.2, -0.15) is 13.2 Å². The molecule has 2 heterocycles. The van der Waals surface area contributed by atoms with Crippen molar-refractivity contribution in [3.8, 4) is 5.75 Å². The molecule has 1 amide bonds. The van der Waals surface area contributed by atoms with Crippen LogP contribution in [0, 0.1) is 0 Å². The SMILES string of the molecule is O=C(COc1ccccc1Cl)NCCc1cn2cc(C(F)(F)F)ccc2n1.